The Kier molecular flexibility index (Phi) is 3.04. The van der Waals surface area contributed by atoms with Crippen molar-refractivity contribution in [3.8, 4) is 5.75 Å². The number of nitrogens with zero attached hydrogens (tertiary/aromatic N) is 1. The van der Waals surface area contributed by atoms with Gasteiger partial charge in [0.25, 0.3) is 0 Å². The normalized spacial score (nSPS) is 16.3. The van der Waals surface area contributed by atoms with Crippen molar-refractivity contribution in [1.29, 1.82) is 0 Å². The molecule has 0 radical (unpaired) electrons. The molecule has 94 valence electrons. The molecule has 1 fully saturated rings. The first-order valence-corrected chi connectivity index (χ1v) is 5.36. The number of hydrogen-bond acceptors (Lipinski definition) is 3. The molecule has 0 unspecified atom stereocenters. The summed E-state index contributed by atoms with van der Waals surface area (Å²) in [5.41, 5.74) is 6.82. The van der Waals surface area contributed by atoms with Crippen LogP contribution in [-0.4, -0.2) is 19.5 Å². The Hall–Kier alpha value is -1.59. The highest BCUT2D eigenvalue weighted by Crippen LogP contribution is 2.32. The number of benzene rings is 1. The number of halogens is 3. The van der Waals surface area contributed by atoms with Gasteiger partial charge in [-0.1, -0.05) is 0 Å². The number of anilines is 2. The van der Waals surface area contributed by atoms with E-state index in [4.69, 9.17) is 5.73 Å². The molecule has 1 aromatic rings. The zero-order valence-electron chi connectivity index (χ0n) is 9.13. The van der Waals surface area contributed by atoms with Gasteiger partial charge < -0.3 is 15.4 Å². The standard InChI is InChI=1S/C11H13F3N2O/c12-11(13,14)17-8-3-4-10(9(15)7-8)16-5-1-2-6-16/h3-4,7H,1-2,5-6,15H2. The molecule has 0 spiro atoms. The van der Waals surface area contributed by atoms with Gasteiger partial charge >= 0.3 is 6.36 Å². The molecule has 2 rings (SSSR count). The fourth-order valence-corrected chi connectivity index (χ4v) is 1.98. The average Bonchev–Trinajstić information content (AvgIpc) is 2.68. The number of nitrogen functional groups attached to an aromatic ring is 1. The fraction of sp³-hybridized carbons (Fsp3) is 0.455. The van der Waals surface area contributed by atoms with E-state index in [-0.39, 0.29) is 5.75 Å². The molecule has 1 aliphatic rings. The van der Waals surface area contributed by atoms with Crippen LogP contribution in [-0.2, 0) is 0 Å². The number of ether oxygens (including phenoxy) is 1. The Morgan fingerprint density at radius 1 is 1.18 bits per heavy atom. The quantitative estimate of drug-likeness (QED) is 0.815. The van der Waals surface area contributed by atoms with Crippen molar-refractivity contribution in [2.75, 3.05) is 23.7 Å². The summed E-state index contributed by atoms with van der Waals surface area (Å²) in [6, 6.07) is 4.07. The van der Waals surface area contributed by atoms with Crippen LogP contribution in [0.3, 0.4) is 0 Å². The van der Waals surface area contributed by atoms with E-state index in [1.165, 1.54) is 12.1 Å². The van der Waals surface area contributed by atoms with Gasteiger partial charge in [0.15, 0.2) is 0 Å². The van der Waals surface area contributed by atoms with Crippen molar-refractivity contribution in [3.63, 3.8) is 0 Å². The summed E-state index contributed by atoms with van der Waals surface area (Å²) in [7, 11) is 0. The molecular weight excluding hydrogens is 233 g/mol. The van der Waals surface area contributed by atoms with E-state index in [0.29, 0.717) is 5.69 Å². The third kappa shape index (κ3) is 2.95. The zero-order valence-corrected chi connectivity index (χ0v) is 9.13. The van der Waals surface area contributed by atoms with E-state index < -0.39 is 6.36 Å². The summed E-state index contributed by atoms with van der Waals surface area (Å²) < 4.78 is 39.8. The lowest BCUT2D eigenvalue weighted by molar-refractivity contribution is -0.274. The van der Waals surface area contributed by atoms with Gasteiger partial charge in [-0.05, 0) is 25.0 Å². The van der Waals surface area contributed by atoms with Crippen molar-refractivity contribution in [3.05, 3.63) is 18.2 Å². The lowest BCUT2D eigenvalue weighted by atomic mass is 10.2. The minimum absolute atomic E-state index is 0.280. The van der Waals surface area contributed by atoms with Crippen LogP contribution in [0.4, 0.5) is 24.5 Å². The van der Waals surface area contributed by atoms with Crippen LogP contribution in [0.15, 0.2) is 18.2 Å². The molecule has 2 N–H and O–H groups in total. The molecule has 0 atom stereocenters. The van der Waals surface area contributed by atoms with Gasteiger partial charge in [-0.15, -0.1) is 13.2 Å². The Morgan fingerprint density at radius 2 is 1.82 bits per heavy atom. The maximum Gasteiger partial charge on any atom is 0.573 e. The molecule has 0 amide bonds. The molecule has 0 aromatic heterocycles. The highest BCUT2D eigenvalue weighted by atomic mass is 19.4. The molecule has 17 heavy (non-hydrogen) atoms. The molecular formula is C11H13F3N2O. The van der Waals surface area contributed by atoms with E-state index in [1.54, 1.807) is 6.07 Å². The van der Waals surface area contributed by atoms with Crippen molar-refractivity contribution in [2.45, 2.75) is 19.2 Å². The number of hydrogen-bond donors (Lipinski definition) is 1. The topological polar surface area (TPSA) is 38.5 Å². The smallest absolute Gasteiger partial charge is 0.406 e. The van der Waals surface area contributed by atoms with Gasteiger partial charge in [-0.3, -0.25) is 0 Å². The summed E-state index contributed by atoms with van der Waals surface area (Å²) in [5.74, 6) is -0.280. The predicted octanol–water partition coefficient (Wildman–Crippen LogP) is 2.77. The summed E-state index contributed by atoms with van der Waals surface area (Å²) in [6.45, 7) is 1.79. The molecule has 1 aliphatic heterocycles. The van der Waals surface area contributed by atoms with Crippen LogP contribution in [0.5, 0.6) is 5.75 Å². The van der Waals surface area contributed by atoms with Gasteiger partial charge in [0.2, 0.25) is 0 Å². The van der Waals surface area contributed by atoms with Crippen LogP contribution in [0, 0.1) is 0 Å². The third-order valence-corrected chi connectivity index (χ3v) is 2.68. The van der Waals surface area contributed by atoms with E-state index >= 15 is 0 Å². The van der Waals surface area contributed by atoms with Crippen LogP contribution in [0.25, 0.3) is 0 Å². The SMILES string of the molecule is Nc1cc(OC(F)(F)F)ccc1N1CCCC1. The first-order valence-electron chi connectivity index (χ1n) is 5.36. The van der Waals surface area contributed by atoms with Crippen molar-refractivity contribution in [1.82, 2.24) is 0 Å². The van der Waals surface area contributed by atoms with Crippen molar-refractivity contribution in [2.24, 2.45) is 0 Å². The minimum atomic E-state index is -4.68. The lowest BCUT2D eigenvalue weighted by Gasteiger charge is -2.20. The van der Waals surface area contributed by atoms with Crippen LogP contribution < -0.4 is 15.4 Å². The molecule has 6 heteroatoms. The van der Waals surface area contributed by atoms with Crippen LogP contribution in [0.2, 0.25) is 0 Å². The maximum absolute atomic E-state index is 12.0. The fourth-order valence-electron chi connectivity index (χ4n) is 1.98. The first-order chi connectivity index (χ1) is 7.96. The second-order valence-corrected chi connectivity index (χ2v) is 3.96. The minimum Gasteiger partial charge on any atom is -0.406 e. The van der Waals surface area contributed by atoms with E-state index in [1.807, 2.05) is 0 Å². The predicted molar refractivity (Wildman–Crippen MR) is 59.0 cm³/mol. The average molecular weight is 246 g/mol. The monoisotopic (exact) mass is 246 g/mol. The number of nitrogens with two attached hydrogens (primary N) is 1. The molecule has 1 aromatic carbocycles. The first kappa shape index (κ1) is 11.9. The van der Waals surface area contributed by atoms with E-state index in [2.05, 4.69) is 9.64 Å². The highest BCUT2D eigenvalue weighted by molar-refractivity contribution is 5.69. The number of rotatable bonds is 2. The van der Waals surface area contributed by atoms with Gasteiger partial charge in [0, 0.05) is 19.2 Å². The summed E-state index contributed by atoms with van der Waals surface area (Å²) in [5, 5.41) is 0. The summed E-state index contributed by atoms with van der Waals surface area (Å²) in [4.78, 5) is 2.06. The summed E-state index contributed by atoms with van der Waals surface area (Å²) in [6.07, 6.45) is -2.51. The Bertz CT molecular complexity index is 400. The Balaban J connectivity index is 2.16. The molecule has 0 saturated carbocycles. The molecule has 1 heterocycles. The molecule has 0 aliphatic carbocycles. The van der Waals surface area contributed by atoms with E-state index in [0.717, 1.165) is 31.6 Å². The Morgan fingerprint density at radius 3 is 2.35 bits per heavy atom. The molecule has 0 bridgehead atoms. The second kappa shape index (κ2) is 4.35. The zero-order chi connectivity index (χ0) is 12.5. The van der Waals surface area contributed by atoms with Crippen molar-refractivity contribution < 1.29 is 17.9 Å². The van der Waals surface area contributed by atoms with Crippen LogP contribution >= 0.6 is 0 Å². The second-order valence-electron chi connectivity index (χ2n) is 3.96. The van der Waals surface area contributed by atoms with Gasteiger partial charge in [-0.25, -0.2) is 0 Å². The maximum atomic E-state index is 12.0. The van der Waals surface area contributed by atoms with E-state index in [9.17, 15) is 13.2 Å². The lowest BCUT2D eigenvalue weighted by Crippen LogP contribution is -2.20. The third-order valence-electron chi connectivity index (χ3n) is 2.68. The summed E-state index contributed by atoms with van der Waals surface area (Å²) >= 11 is 0. The van der Waals surface area contributed by atoms with Crippen LogP contribution in [0.1, 0.15) is 12.8 Å². The number of alkyl halides is 3. The molecule has 3 nitrogen and oxygen atoms in total. The Labute approximate surface area is 97.0 Å². The van der Waals surface area contributed by atoms with Crippen molar-refractivity contribution >= 4 is 11.4 Å². The van der Waals surface area contributed by atoms with Gasteiger partial charge in [0.1, 0.15) is 5.75 Å². The van der Waals surface area contributed by atoms with Gasteiger partial charge in [0.05, 0.1) is 11.4 Å². The van der Waals surface area contributed by atoms with Gasteiger partial charge in [-0.2, -0.15) is 0 Å². The largest absolute Gasteiger partial charge is 0.573 e. The highest BCUT2D eigenvalue weighted by Gasteiger charge is 2.31. The molecule has 1 saturated heterocycles.